The van der Waals surface area contributed by atoms with Gasteiger partial charge in [0.15, 0.2) is 0 Å². The van der Waals surface area contributed by atoms with Crippen LogP contribution in [-0.2, 0) is 4.79 Å². The van der Waals surface area contributed by atoms with Gasteiger partial charge < -0.3 is 24.0 Å². The van der Waals surface area contributed by atoms with Crippen LogP contribution in [-0.4, -0.2) is 6.29 Å². The Hall–Kier alpha value is -1.19. The molecule has 0 fully saturated rings. The van der Waals surface area contributed by atoms with Gasteiger partial charge in [0.05, 0.1) is 17.9 Å². The fourth-order valence-corrected chi connectivity index (χ4v) is 2.97. The molecule has 0 spiro atoms. The quantitative estimate of drug-likeness (QED) is 0.507. The van der Waals surface area contributed by atoms with Crippen LogP contribution in [0.1, 0.15) is 61.8 Å². The third-order valence-corrected chi connectivity index (χ3v) is 4.73. The number of halogens is 1. The first-order valence-corrected chi connectivity index (χ1v) is 10.0. The van der Waals surface area contributed by atoms with Crippen LogP contribution in [0.15, 0.2) is 60.3 Å². The summed E-state index contributed by atoms with van der Waals surface area (Å²) in [5.41, 5.74) is 5.96. The summed E-state index contributed by atoms with van der Waals surface area (Å²) in [6.45, 7) is 17.4. The Labute approximate surface area is 235 Å². The molecular formula is C26H28ClKN2O-2. The van der Waals surface area contributed by atoms with E-state index in [9.17, 15) is 4.79 Å². The molecule has 2 rings (SSSR count). The van der Waals surface area contributed by atoms with Crippen molar-refractivity contribution in [2.45, 2.75) is 39.5 Å². The van der Waals surface area contributed by atoms with Crippen molar-refractivity contribution in [1.29, 1.82) is 5.26 Å². The van der Waals surface area contributed by atoms with Gasteiger partial charge >= 0.3 is 51.4 Å². The average molecular weight is 459 g/mol. The van der Waals surface area contributed by atoms with Crippen LogP contribution in [0.2, 0.25) is 5.02 Å². The van der Waals surface area contributed by atoms with Gasteiger partial charge in [-0.25, -0.2) is 0 Å². The van der Waals surface area contributed by atoms with E-state index in [2.05, 4.69) is 31.8 Å². The van der Waals surface area contributed by atoms with Gasteiger partial charge in [-0.3, -0.25) is 0 Å². The summed E-state index contributed by atoms with van der Waals surface area (Å²) in [6.07, 6.45) is 3.57. The fraction of sp³-hybridized carbons (Fsp3) is 0.231. The molecule has 0 aliphatic carbocycles. The maximum Gasteiger partial charge on any atom is 1.00 e. The van der Waals surface area contributed by atoms with Crippen molar-refractivity contribution >= 4 is 23.6 Å². The van der Waals surface area contributed by atoms with E-state index in [0.717, 1.165) is 35.4 Å². The van der Waals surface area contributed by atoms with Crippen LogP contribution in [0.5, 0.6) is 0 Å². The van der Waals surface area contributed by atoms with Crippen LogP contribution in [0, 0.1) is 25.2 Å². The van der Waals surface area contributed by atoms with Gasteiger partial charge in [-0.2, -0.15) is 29.7 Å². The fourth-order valence-electron chi connectivity index (χ4n) is 2.76. The molecule has 0 unspecified atom stereocenters. The molecule has 0 heterocycles. The Balaban J connectivity index is 0.000000581. The predicted molar refractivity (Wildman–Crippen MR) is 126 cm³/mol. The number of nitrogens with one attached hydrogen (secondary N) is 1. The molecule has 0 bridgehead atoms. The number of hydrogen-bond donors (Lipinski definition) is 1. The molecule has 0 aromatic heterocycles. The number of nitriles is 1. The van der Waals surface area contributed by atoms with Crippen LogP contribution in [0.3, 0.4) is 0 Å². The van der Waals surface area contributed by atoms with E-state index in [4.69, 9.17) is 16.9 Å². The van der Waals surface area contributed by atoms with Crippen LogP contribution >= 0.6 is 11.6 Å². The summed E-state index contributed by atoms with van der Waals surface area (Å²) in [7, 11) is 0. The first kappa shape index (κ1) is 29.8. The van der Waals surface area contributed by atoms with Crippen molar-refractivity contribution in [3.8, 4) is 6.07 Å². The molecule has 1 N–H and O–H groups in total. The van der Waals surface area contributed by atoms with E-state index in [1.54, 1.807) is 18.2 Å². The zero-order chi connectivity index (χ0) is 22.7. The summed E-state index contributed by atoms with van der Waals surface area (Å²) in [5.74, 6) is 0.424. The van der Waals surface area contributed by atoms with Crippen LogP contribution in [0.25, 0.3) is 5.70 Å². The van der Waals surface area contributed by atoms with Crippen LogP contribution < -0.4 is 56.7 Å². The average Bonchev–Trinajstić information content (AvgIpc) is 2.74. The molecule has 0 aliphatic heterocycles. The second-order valence-corrected chi connectivity index (χ2v) is 7.49. The molecule has 0 saturated carbocycles. The van der Waals surface area contributed by atoms with Crippen LogP contribution in [0.4, 0.5) is 0 Å². The third kappa shape index (κ3) is 9.87. The molecule has 0 aliphatic rings. The van der Waals surface area contributed by atoms with E-state index in [0.29, 0.717) is 22.1 Å². The molecule has 5 heteroatoms. The molecular weight excluding hydrogens is 431 g/mol. The zero-order valence-corrected chi connectivity index (χ0v) is 22.8. The van der Waals surface area contributed by atoms with Crippen molar-refractivity contribution in [2.75, 3.05) is 0 Å². The second kappa shape index (κ2) is 15.6. The minimum atomic E-state index is 0. The number of benzene rings is 2. The minimum Gasteiger partial charge on any atom is -0.376 e. The Bertz CT molecular complexity index is 935. The molecule has 0 amide bonds. The van der Waals surface area contributed by atoms with Gasteiger partial charge in [-0.15, -0.1) is 6.07 Å². The zero-order valence-electron chi connectivity index (χ0n) is 18.9. The van der Waals surface area contributed by atoms with Gasteiger partial charge in [0.2, 0.25) is 0 Å². The Morgan fingerprint density at radius 1 is 1.16 bits per heavy atom. The van der Waals surface area contributed by atoms with Gasteiger partial charge in [-0.05, 0) is 44.0 Å². The van der Waals surface area contributed by atoms with Gasteiger partial charge in [0.1, 0.15) is 0 Å². The van der Waals surface area contributed by atoms with E-state index in [-0.39, 0.29) is 51.4 Å². The van der Waals surface area contributed by atoms with Crippen molar-refractivity contribution in [1.82, 2.24) is 5.32 Å². The van der Waals surface area contributed by atoms with E-state index < -0.39 is 0 Å². The molecule has 158 valence electrons. The maximum absolute atomic E-state index is 10.7. The van der Waals surface area contributed by atoms with E-state index in [1.165, 1.54) is 5.56 Å². The monoisotopic (exact) mass is 458 g/mol. The van der Waals surface area contributed by atoms with Crippen molar-refractivity contribution in [2.24, 2.45) is 0 Å². The first-order chi connectivity index (χ1) is 14.3. The Morgan fingerprint density at radius 2 is 1.74 bits per heavy atom. The summed E-state index contributed by atoms with van der Waals surface area (Å²) < 4.78 is 0. The van der Waals surface area contributed by atoms with Gasteiger partial charge in [-0.1, -0.05) is 47.9 Å². The molecule has 0 saturated heterocycles. The topological polar surface area (TPSA) is 52.9 Å². The Morgan fingerprint density at radius 3 is 2.16 bits per heavy atom. The summed E-state index contributed by atoms with van der Waals surface area (Å²) >= 11 is 6.14. The molecule has 0 radical (unpaired) electrons. The smallest absolute Gasteiger partial charge is 0.376 e. The van der Waals surface area contributed by atoms with Crippen molar-refractivity contribution < 1.29 is 56.2 Å². The van der Waals surface area contributed by atoms with E-state index >= 15 is 0 Å². The van der Waals surface area contributed by atoms with Crippen molar-refractivity contribution in [3.63, 3.8) is 0 Å². The predicted octanol–water partition coefficient (Wildman–Crippen LogP) is 3.77. The number of allylic oxidation sites excluding steroid dienone is 2. The van der Waals surface area contributed by atoms with E-state index in [1.807, 2.05) is 51.3 Å². The molecule has 3 nitrogen and oxygen atoms in total. The number of nitrogens with zero attached hydrogens (tertiary/aromatic N) is 1. The van der Waals surface area contributed by atoms with Crippen molar-refractivity contribution in [3.05, 3.63) is 101 Å². The molecule has 31 heavy (non-hydrogen) atoms. The van der Waals surface area contributed by atoms with Gasteiger partial charge in [0.25, 0.3) is 0 Å². The SMILES string of the molecule is C=C(C)NC(=C(C)C)c1cc([C-]=O)ccc1Cl.[CH2-]CC(C[CH2-])c1ccc(C#N)cc1.[K+]. The first-order valence-electron chi connectivity index (χ1n) is 9.63. The van der Waals surface area contributed by atoms with Gasteiger partial charge in [0, 0.05) is 16.4 Å². The molecule has 2 aromatic carbocycles. The molecule has 2 aromatic rings. The number of carbonyl (C=O) groups excluding carboxylic acids is 1. The molecule has 0 atom stereocenters. The number of hydrogen-bond acceptors (Lipinski definition) is 3. The summed E-state index contributed by atoms with van der Waals surface area (Å²) in [5, 5.41) is 12.4. The standard InChI is InChI=1S/C14H15ClNO.C12H13N.K/c1-9(2)14(16-10(3)4)12-7-11(8-17)5-6-13(12)15;1-3-11(4-2)12-7-5-10(9-13)6-8-12;/h5-7,16H,3H2,1-2,4H3;5-8,11H,1-4H2;/q-1;-2;+1. The second-order valence-electron chi connectivity index (χ2n) is 7.09. The summed E-state index contributed by atoms with van der Waals surface area (Å²) in [4.78, 5) is 10.7. The Kier molecular flexibility index (Phi) is 15.0. The summed E-state index contributed by atoms with van der Waals surface area (Å²) in [6, 6.07) is 14.8. The largest absolute Gasteiger partial charge is 1.00 e. The maximum atomic E-state index is 10.7. The third-order valence-electron chi connectivity index (χ3n) is 4.40. The number of rotatable bonds is 7. The normalized spacial score (nSPS) is 9.48. The minimum absolute atomic E-state index is 0.